The summed E-state index contributed by atoms with van der Waals surface area (Å²) in [5.41, 5.74) is 9.86. The van der Waals surface area contributed by atoms with Crippen LogP contribution in [0.3, 0.4) is 0 Å². The largest absolute Gasteiger partial charge is 0.497 e. The number of carbonyl (C=O) groups is 1. The van der Waals surface area contributed by atoms with Crippen molar-refractivity contribution in [2.24, 2.45) is 5.73 Å². The van der Waals surface area contributed by atoms with E-state index in [4.69, 9.17) is 26.4 Å². The normalized spacial score (nSPS) is 12.0. The number of halogens is 5. The molecule has 4 rings (SSSR count). The van der Waals surface area contributed by atoms with Crippen molar-refractivity contribution in [3.8, 4) is 23.1 Å². The minimum Gasteiger partial charge on any atom is -0.497 e. The molecule has 2 aromatic heterocycles. The zero-order valence-corrected chi connectivity index (χ0v) is 22.5. The van der Waals surface area contributed by atoms with E-state index in [0.29, 0.717) is 0 Å². The predicted molar refractivity (Wildman–Crippen MR) is 145 cm³/mol. The van der Waals surface area contributed by atoms with Crippen LogP contribution in [0.2, 0.25) is 0 Å². The molecule has 2 heterocycles. The van der Waals surface area contributed by atoms with E-state index >= 15 is 4.39 Å². The number of nitrogens with two attached hydrogens (primary N) is 2. The molecule has 232 valence electrons. The number of esters is 1. The number of aromatic amines is 1. The Morgan fingerprint density at radius 3 is 2.59 bits per heavy atom. The van der Waals surface area contributed by atoms with Crippen molar-refractivity contribution < 1.29 is 41.0 Å². The van der Waals surface area contributed by atoms with Gasteiger partial charge in [-0.25, -0.2) is 23.4 Å². The highest BCUT2D eigenvalue weighted by atomic mass is 19.4. The lowest BCUT2D eigenvalue weighted by Gasteiger charge is -2.22. The number of methoxy groups -OCH3 is 1. The van der Waals surface area contributed by atoms with Gasteiger partial charge in [0.1, 0.15) is 36.7 Å². The molecule has 1 unspecified atom stereocenters. The number of hydrogen-bond donors (Lipinski definition) is 5. The van der Waals surface area contributed by atoms with Gasteiger partial charge in [0, 0.05) is 29.6 Å². The van der Waals surface area contributed by atoms with E-state index in [2.05, 4.69) is 25.1 Å². The molecule has 0 saturated heterocycles. The molecule has 0 aliphatic rings. The van der Waals surface area contributed by atoms with E-state index < -0.39 is 60.3 Å². The Kier molecular flexibility index (Phi) is 9.01. The Bertz CT molecular complexity index is 1760. The number of nitrogen functional groups attached to an aromatic ring is 2. The van der Waals surface area contributed by atoms with Gasteiger partial charge in [-0.1, -0.05) is 0 Å². The Labute approximate surface area is 244 Å². The number of amidine groups is 1. The first-order chi connectivity index (χ1) is 20.8. The summed E-state index contributed by atoms with van der Waals surface area (Å²) in [5.74, 6) is -5.79. The van der Waals surface area contributed by atoms with Crippen LogP contribution in [0.25, 0.3) is 5.82 Å². The van der Waals surface area contributed by atoms with Gasteiger partial charge >= 0.3 is 17.8 Å². The SMILES string of the molecule is COc1cc(OCCF)c(F)c(C(Nc2ccc(C(=N)N)c(OC(=O)C(F)(F)F)c2)c2nn(-c3ncccc3N)c(=O)[nH]2)c1. The molecule has 44 heavy (non-hydrogen) atoms. The van der Waals surface area contributed by atoms with Gasteiger partial charge in [-0.05, 0) is 30.3 Å². The Hall–Kier alpha value is -5.68. The number of anilines is 2. The van der Waals surface area contributed by atoms with Gasteiger partial charge in [-0.2, -0.15) is 17.9 Å². The smallest absolute Gasteiger partial charge is 0.491 e. The van der Waals surface area contributed by atoms with Crippen molar-refractivity contribution in [2.75, 3.05) is 31.4 Å². The highest BCUT2D eigenvalue weighted by Gasteiger charge is 2.42. The van der Waals surface area contributed by atoms with Crippen LogP contribution in [-0.2, 0) is 4.79 Å². The molecule has 0 radical (unpaired) electrons. The number of alkyl halides is 4. The molecule has 0 aliphatic heterocycles. The molecule has 4 aromatic rings. The van der Waals surface area contributed by atoms with E-state index in [0.717, 1.165) is 22.9 Å². The molecular formula is C26H23F5N8O5. The molecule has 0 saturated carbocycles. The minimum absolute atomic E-state index is 0.0459. The van der Waals surface area contributed by atoms with Crippen LogP contribution in [-0.4, -0.2) is 58.1 Å². The van der Waals surface area contributed by atoms with Gasteiger partial charge in [0.25, 0.3) is 0 Å². The third-order valence-electron chi connectivity index (χ3n) is 5.87. The second-order valence-corrected chi connectivity index (χ2v) is 8.80. The lowest BCUT2D eigenvalue weighted by molar-refractivity contribution is -0.189. The number of pyridine rings is 1. The standard InChI is InChI=1S/C26H23F5N8O5/c1-42-13-10-15(19(28)18(11-13)43-8-6-27)20(22-37-25(41)39(38-22)23-16(32)3-2-7-35-23)36-12-4-5-14(21(33)34)17(9-12)44-24(40)26(29,30)31/h2-5,7,9-11,20,36H,6,8,32H2,1H3,(H3,33,34)(H,37,38,41). The number of benzene rings is 2. The average Bonchev–Trinajstić information content (AvgIpc) is 3.36. The number of rotatable bonds is 11. The first-order valence-electron chi connectivity index (χ1n) is 12.3. The lowest BCUT2D eigenvalue weighted by Crippen LogP contribution is -2.29. The van der Waals surface area contributed by atoms with E-state index in [1.54, 1.807) is 0 Å². The van der Waals surface area contributed by atoms with Crippen LogP contribution in [0.15, 0.2) is 53.5 Å². The number of nitrogens with one attached hydrogen (secondary N) is 3. The van der Waals surface area contributed by atoms with Crippen molar-refractivity contribution in [3.63, 3.8) is 0 Å². The molecule has 0 bridgehead atoms. The van der Waals surface area contributed by atoms with Crippen molar-refractivity contribution in [2.45, 2.75) is 12.2 Å². The molecule has 0 aliphatic carbocycles. The number of hydrogen-bond acceptors (Lipinski definition) is 10. The summed E-state index contributed by atoms with van der Waals surface area (Å²) in [4.78, 5) is 31.0. The van der Waals surface area contributed by atoms with Gasteiger partial charge in [-0.15, -0.1) is 5.10 Å². The fourth-order valence-electron chi connectivity index (χ4n) is 3.91. The number of carbonyl (C=O) groups excluding carboxylic acids is 1. The summed E-state index contributed by atoms with van der Waals surface area (Å²) in [6.45, 7) is -1.45. The number of aromatic nitrogens is 4. The summed E-state index contributed by atoms with van der Waals surface area (Å²) in [6, 6.07) is 7.07. The Morgan fingerprint density at radius 1 is 1.20 bits per heavy atom. The molecule has 1 atom stereocenters. The van der Waals surface area contributed by atoms with Crippen LogP contribution in [0.1, 0.15) is 23.0 Å². The molecule has 2 aromatic carbocycles. The van der Waals surface area contributed by atoms with Crippen LogP contribution in [0, 0.1) is 11.2 Å². The van der Waals surface area contributed by atoms with Crippen LogP contribution in [0.5, 0.6) is 17.2 Å². The summed E-state index contributed by atoms with van der Waals surface area (Å²) >= 11 is 0. The molecule has 0 fully saturated rings. The number of ether oxygens (including phenoxy) is 3. The fourth-order valence-corrected chi connectivity index (χ4v) is 3.91. The summed E-state index contributed by atoms with van der Waals surface area (Å²) < 4.78 is 83.2. The molecule has 13 nitrogen and oxygen atoms in total. The van der Waals surface area contributed by atoms with E-state index in [9.17, 15) is 27.2 Å². The fraction of sp³-hybridized carbons (Fsp3) is 0.192. The maximum atomic E-state index is 15.9. The molecule has 18 heteroatoms. The van der Waals surface area contributed by atoms with Gasteiger partial charge < -0.3 is 31.0 Å². The second kappa shape index (κ2) is 12.7. The third-order valence-corrected chi connectivity index (χ3v) is 5.87. The first kappa shape index (κ1) is 31.3. The summed E-state index contributed by atoms with van der Waals surface area (Å²) in [6.07, 6.45) is -4.03. The van der Waals surface area contributed by atoms with Crippen LogP contribution in [0.4, 0.5) is 33.3 Å². The van der Waals surface area contributed by atoms with E-state index in [-0.39, 0.29) is 39.9 Å². The van der Waals surface area contributed by atoms with E-state index in [1.807, 2.05) is 0 Å². The lowest BCUT2D eigenvalue weighted by atomic mass is 10.0. The monoisotopic (exact) mass is 622 g/mol. The second-order valence-electron chi connectivity index (χ2n) is 8.80. The van der Waals surface area contributed by atoms with Crippen molar-refractivity contribution in [1.29, 1.82) is 5.41 Å². The van der Waals surface area contributed by atoms with Crippen molar-refractivity contribution >= 4 is 23.2 Å². The van der Waals surface area contributed by atoms with Crippen LogP contribution < -0.4 is 36.7 Å². The molecule has 0 amide bonds. The average molecular weight is 623 g/mol. The minimum atomic E-state index is -5.38. The molecule has 0 spiro atoms. The summed E-state index contributed by atoms with van der Waals surface area (Å²) in [7, 11) is 1.26. The number of nitrogens with zero attached hydrogens (tertiary/aromatic N) is 3. The predicted octanol–water partition coefficient (Wildman–Crippen LogP) is 2.99. The first-order valence-corrected chi connectivity index (χ1v) is 12.3. The maximum absolute atomic E-state index is 15.9. The Balaban J connectivity index is 1.89. The van der Waals surface area contributed by atoms with Crippen molar-refractivity contribution in [3.05, 3.63) is 81.9 Å². The third kappa shape index (κ3) is 6.69. The van der Waals surface area contributed by atoms with Gasteiger partial charge in [0.15, 0.2) is 23.2 Å². The van der Waals surface area contributed by atoms with Crippen LogP contribution >= 0.6 is 0 Å². The van der Waals surface area contributed by atoms with Gasteiger partial charge in [0.05, 0.1) is 18.4 Å². The van der Waals surface area contributed by atoms with E-state index in [1.165, 1.54) is 37.6 Å². The van der Waals surface area contributed by atoms with Gasteiger partial charge in [0.2, 0.25) is 0 Å². The topological polar surface area (TPSA) is 196 Å². The zero-order chi connectivity index (χ0) is 32.2. The Morgan fingerprint density at radius 2 is 1.95 bits per heavy atom. The highest BCUT2D eigenvalue weighted by Crippen LogP contribution is 2.36. The summed E-state index contributed by atoms with van der Waals surface area (Å²) in [5, 5.41) is 14.7. The molecular weight excluding hydrogens is 599 g/mol. The zero-order valence-electron chi connectivity index (χ0n) is 22.5. The maximum Gasteiger partial charge on any atom is 0.491 e. The quantitative estimate of drug-likeness (QED) is 0.0545. The van der Waals surface area contributed by atoms with Gasteiger partial charge in [-0.3, -0.25) is 10.4 Å². The van der Waals surface area contributed by atoms with Crippen molar-refractivity contribution in [1.82, 2.24) is 19.7 Å². The highest BCUT2D eigenvalue weighted by molar-refractivity contribution is 5.99. The number of H-pyrrole nitrogens is 1. The molecule has 7 N–H and O–H groups in total.